The molecule has 2 aromatic rings. The highest BCUT2D eigenvalue weighted by molar-refractivity contribution is 6.30. The summed E-state index contributed by atoms with van der Waals surface area (Å²) in [5.41, 5.74) is 1.37. The Morgan fingerprint density at radius 1 is 1.43 bits per heavy atom. The van der Waals surface area contributed by atoms with Gasteiger partial charge in [0.05, 0.1) is 12.7 Å². The number of hydrogen-bond donors (Lipinski definition) is 3. The van der Waals surface area contributed by atoms with E-state index in [1.807, 2.05) is 0 Å². The van der Waals surface area contributed by atoms with Crippen LogP contribution in [0.4, 0.5) is 0 Å². The maximum absolute atomic E-state index is 11.9. The van der Waals surface area contributed by atoms with Gasteiger partial charge in [-0.05, 0) is 17.7 Å². The number of H-pyrrole nitrogens is 1. The van der Waals surface area contributed by atoms with Crippen molar-refractivity contribution in [3.05, 3.63) is 53.1 Å². The van der Waals surface area contributed by atoms with Crippen LogP contribution in [0, 0.1) is 0 Å². The van der Waals surface area contributed by atoms with Crippen molar-refractivity contribution in [2.24, 2.45) is 0 Å². The minimum Gasteiger partial charge on any atom is -0.480 e. The number of nitrogens with one attached hydrogen (secondary N) is 2. The van der Waals surface area contributed by atoms with E-state index in [2.05, 4.69) is 15.3 Å². The molecule has 1 amide bonds. The lowest BCUT2D eigenvalue weighted by Crippen LogP contribution is -2.43. The smallest absolute Gasteiger partial charge is 0.326 e. The number of carboxylic acid groups (broad SMARTS) is 1. The molecule has 0 bridgehead atoms. The molecule has 1 aromatic carbocycles. The van der Waals surface area contributed by atoms with Gasteiger partial charge in [-0.3, -0.25) is 4.79 Å². The molecule has 0 aliphatic heterocycles. The number of halogens is 1. The van der Waals surface area contributed by atoms with E-state index in [9.17, 15) is 9.59 Å². The number of rotatable bonds is 6. The summed E-state index contributed by atoms with van der Waals surface area (Å²) >= 11 is 5.84. The van der Waals surface area contributed by atoms with Gasteiger partial charge in [0.25, 0.3) is 0 Å². The molecule has 0 fully saturated rings. The Hall–Kier alpha value is -2.34. The molecule has 21 heavy (non-hydrogen) atoms. The van der Waals surface area contributed by atoms with Crippen molar-refractivity contribution in [3.8, 4) is 0 Å². The van der Waals surface area contributed by atoms with Crippen molar-refractivity contribution in [1.82, 2.24) is 15.3 Å². The van der Waals surface area contributed by atoms with Crippen LogP contribution in [-0.4, -0.2) is 33.0 Å². The maximum atomic E-state index is 11.9. The first-order chi connectivity index (χ1) is 10.0. The number of benzene rings is 1. The second-order valence-electron chi connectivity index (χ2n) is 4.55. The van der Waals surface area contributed by atoms with Gasteiger partial charge in [0.2, 0.25) is 5.91 Å². The molecule has 3 N–H and O–H groups in total. The Morgan fingerprint density at radius 2 is 2.24 bits per heavy atom. The van der Waals surface area contributed by atoms with E-state index < -0.39 is 12.0 Å². The van der Waals surface area contributed by atoms with E-state index in [-0.39, 0.29) is 18.7 Å². The summed E-state index contributed by atoms with van der Waals surface area (Å²) in [6.45, 7) is 0. The molecule has 0 radical (unpaired) electrons. The van der Waals surface area contributed by atoms with Gasteiger partial charge in [-0.25, -0.2) is 9.78 Å². The highest BCUT2D eigenvalue weighted by Gasteiger charge is 2.21. The normalized spacial score (nSPS) is 11.9. The maximum Gasteiger partial charge on any atom is 0.326 e. The first-order valence-electron chi connectivity index (χ1n) is 6.28. The van der Waals surface area contributed by atoms with E-state index in [1.165, 1.54) is 12.5 Å². The Labute approximate surface area is 126 Å². The fourth-order valence-electron chi connectivity index (χ4n) is 1.89. The van der Waals surface area contributed by atoms with Crippen LogP contribution in [0.25, 0.3) is 0 Å². The number of carboxylic acids is 1. The molecule has 0 aliphatic carbocycles. The lowest BCUT2D eigenvalue weighted by Gasteiger charge is -2.13. The van der Waals surface area contributed by atoms with Gasteiger partial charge >= 0.3 is 5.97 Å². The standard InChI is InChI=1S/C14H14ClN3O3/c15-10-3-1-2-9(4-10)5-13(19)18-12(14(20)21)6-11-7-16-8-17-11/h1-4,7-8,12H,5-6H2,(H,16,17)(H,18,19)(H,20,21). The van der Waals surface area contributed by atoms with E-state index in [4.69, 9.17) is 16.7 Å². The Kier molecular flexibility index (Phi) is 4.94. The quantitative estimate of drug-likeness (QED) is 0.752. The number of hydrogen-bond acceptors (Lipinski definition) is 3. The Balaban J connectivity index is 1.96. The van der Waals surface area contributed by atoms with Crippen LogP contribution in [0.5, 0.6) is 0 Å². The summed E-state index contributed by atoms with van der Waals surface area (Å²) in [5.74, 6) is -1.46. The van der Waals surface area contributed by atoms with Gasteiger partial charge in [-0.1, -0.05) is 23.7 Å². The molecule has 6 nitrogen and oxygen atoms in total. The van der Waals surface area contributed by atoms with Gasteiger partial charge in [0, 0.05) is 23.3 Å². The van der Waals surface area contributed by atoms with Crippen molar-refractivity contribution < 1.29 is 14.7 Å². The summed E-state index contributed by atoms with van der Waals surface area (Å²) in [7, 11) is 0. The van der Waals surface area contributed by atoms with Crippen molar-refractivity contribution >= 4 is 23.5 Å². The van der Waals surface area contributed by atoms with Crippen LogP contribution in [0.1, 0.15) is 11.3 Å². The van der Waals surface area contributed by atoms with Crippen molar-refractivity contribution in [3.63, 3.8) is 0 Å². The van der Waals surface area contributed by atoms with Gasteiger partial charge in [-0.15, -0.1) is 0 Å². The lowest BCUT2D eigenvalue weighted by atomic mass is 10.1. The summed E-state index contributed by atoms with van der Waals surface area (Å²) in [4.78, 5) is 29.7. The molecular formula is C14H14ClN3O3. The molecule has 0 aliphatic rings. The van der Waals surface area contributed by atoms with Gasteiger partial charge < -0.3 is 15.4 Å². The molecule has 0 saturated carbocycles. The summed E-state index contributed by atoms with van der Waals surface area (Å²) in [6, 6.07) is 5.88. The third-order valence-electron chi connectivity index (χ3n) is 2.87. The van der Waals surface area contributed by atoms with E-state index >= 15 is 0 Å². The summed E-state index contributed by atoms with van der Waals surface area (Å²) in [6.07, 6.45) is 3.21. The number of amides is 1. The first kappa shape index (κ1) is 15.1. The Bertz CT molecular complexity index is 628. The predicted octanol–water partition coefficient (Wildman–Crippen LogP) is 1.42. The molecular weight excluding hydrogens is 294 g/mol. The van der Waals surface area contributed by atoms with Gasteiger partial charge in [0.15, 0.2) is 0 Å². The zero-order valence-electron chi connectivity index (χ0n) is 11.0. The van der Waals surface area contributed by atoms with Crippen LogP contribution in [0.2, 0.25) is 5.02 Å². The number of carbonyl (C=O) groups excluding carboxylic acids is 1. The van der Waals surface area contributed by atoms with E-state index in [0.29, 0.717) is 10.7 Å². The first-order valence-corrected chi connectivity index (χ1v) is 6.66. The monoisotopic (exact) mass is 307 g/mol. The van der Waals surface area contributed by atoms with Crippen LogP contribution in [0.3, 0.4) is 0 Å². The molecule has 2 rings (SSSR count). The molecule has 1 aromatic heterocycles. The fourth-order valence-corrected chi connectivity index (χ4v) is 2.11. The molecule has 1 unspecified atom stereocenters. The van der Waals surface area contributed by atoms with Crippen molar-refractivity contribution in [2.75, 3.05) is 0 Å². The van der Waals surface area contributed by atoms with Gasteiger partial charge in [0.1, 0.15) is 6.04 Å². The van der Waals surface area contributed by atoms with Crippen molar-refractivity contribution in [1.29, 1.82) is 0 Å². The van der Waals surface area contributed by atoms with Crippen LogP contribution in [-0.2, 0) is 22.4 Å². The third kappa shape index (κ3) is 4.61. The van der Waals surface area contributed by atoms with E-state index in [1.54, 1.807) is 24.3 Å². The molecule has 0 saturated heterocycles. The second kappa shape index (κ2) is 6.90. The van der Waals surface area contributed by atoms with Crippen LogP contribution < -0.4 is 5.32 Å². The number of carbonyl (C=O) groups is 2. The number of imidazole rings is 1. The number of aromatic amines is 1. The average molecular weight is 308 g/mol. The number of nitrogens with zero attached hydrogens (tertiary/aromatic N) is 1. The minimum absolute atomic E-state index is 0.0767. The number of aliphatic carboxylic acids is 1. The lowest BCUT2D eigenvalue weighted by molar-refractivity contribution is -0.141. The molecule has 1 atom stereocenters. The molecule has 7 heteroatoms. The molecule has 1 heterocycles. The van der Waals surface area contributed by atoms with Gasteiger partial charge in [-0.2, -0.15) is 0 Å². The zero-order valence-corrected chi connectivity index (χ0v) is 11.8. The number of aromatic nitrogens is 2. The van der Waals surface area contributed by atoms with Crippen molar-refractivity contribution in [2.45, 2.75) is 18.9 Å². The minimum atomic E-state index is -1.09. The SMILES string of the molecule is O=C(Cc1cccc(Cl)c1)NC(Cc1cnc[nH]1)C(=O)O. The predicted molar refractivity (Wildman–Crippen MR) is 77.0 cm³/mol. The summed E-state index contributed by atoms with van der Waals surface area (Å²) < 4.78 is 0. The highest BCUT2D eigenvalue weighted by Crippen LogP contribution is 2.11. The third-order valence-corrected chi connectivity index (χ3v) is 3.10. The molecule has 0 spiro atoms. The highest BCUT2D eigenvalue weighted by atomic mass is 35.5. The molecule has 110 valence electrons. The van der Waals surface area contributed by atoms with Crippen LogP contribution >= 0.6 is 11.6 Å². The Morgan fingerprint density at radius 3 is 2.86 bits per heavy atom. The fraction of sp³-hybridized carbons (Fsp3) is 0.214. The van der Waals surface area contributed by atoms with E-state index in [0.717, 1.165) is 5.56 Å². The zero-order chi connectivity index (χ0) is 15.2. The topological polar surface area (TPSA) is 95.1 Å². The second-order valence-corrected chi connectivity index (χ2v) is 4.98. The summed E-state index contributed by atoms with van der Waals surface area (Å²) in [5, 5.41) is 12.2. The largest absolute Gasteiger partial charge is 0.480 e. The van der Waals surface area contributed by atoms with Crippen LogP contribution in [0.15, 0.2) is 36.8 Å². The average Bonchev–Trinajstić information content (AvgIpc) is 2.90.